The number of carbonyl (C=O) groups excluding carboxylic acids is 1. The monoisotopic (exact) mass is 386 g/mol. The quantitative estimate of drug-likeness (QED) is 0.478. The Kier molecular flexibility index (Phi) is 7.48. The number of aryl methyl sites for hydroxylation is 1. The van der Waals surface area contributed by atoms with Gasteiger partial charge < -0.3 is 20.6 Å². The van der Waals surface area contributed by atoms with E-state index in [1.165, 1.54) is 12.1 Å². The standard InChI is InChI=1S/C20H26N4O4/c1-14-9-10-17(24(27)28)11-18(14)22-20(26)21-12-16(13-23(2)3)19(25)15-7-5-4-6-8-15/h4-11,16,19,25H,12-13H2,1-3H3,(H2,21,22,26)/t16-,19+/m1/s1. The summed E-state index contributed by atoms with van der Waals surface area (Å²) in [5.41, 5.74) is 1.78. The third kappa shape index (κ3) is 6.04. The van der Waals surface area contributed by atoms with Crippen molar-refractivity contribution >= 4 is 17.4 Å². The predicted octanol–water partition coefficient (Wildman–Crippen LogP) is 2.94. The van der Waals surface area contributed by atoms with Crippen molar-refractivity contribution in [2.45, 2.75) is 13.0 Å². The van der Waals surface area contributed by atoms with E-state index in [4.69, 9.17) is 0 Å². The smallest absolute Gasteiger partial charge is 0.319 e. The van der Waals surface area contributed by atoms with Crippen molar-refractivity contribution < 1.29 is 14.8 Å². The van der Waals surface area contributed by atoms with Crippen LogP contribution in [0.3, 0.4) is 0 Å². The van der Waals surface area contributed by atoms with Crippen LogP contribution in [0.2, 0.25) is 0 Å². The lowest BCUT2D eigenvalue weighted by Crippen LogP contribution is -2.39. The summed E-state index contributed by atoms with van der Waals surface area (Å²) in [4.78, 5) is 24.7. The summed E-state index contributed by atoms with van der Waals surface area (Å²) in [6.07, 6.45) is -0.733. The highest BCUT2D eigenvalue weighted by Gasteiger charge is 2.22. The highest BCUT2D eigenvalue weighted by Crippen LogP contribution is 2.23. The minimum atomic E-state index is -0.733. The molecule has 8 heteroatoms. The molecule has 0 unspecified atom stereocenters. The highest BCUT2D eigenvalue weighted by molar-refractivity contribution is 5.90. The van der Waals surface area contributed by atoms with Crippen molar-refractivity contribution in [3.05, 3.63) is 69.8 Å². The molecule has 2 rings (SSSR count). The molecule has 0 heterocycles. The Morgan fingerprint density at radius 1 is 1.21 bits per heavy atom. The van der Waals surface area contributed by atoms with Gasteiger partial charge in [0.1, 0.15) is 0 Å². The number of rotatable bonds is 8. The van der Waals surface area contributed by atoms with Crippen molar-refractivity contribution in [3.63, 3.8) is 0 Å². The molecule has 8 nitrogen and oxygen atoms in total. The summed E-state index contributed by atoms with van der Waals surface area (Å²) < 4.78 is 0. The number of nitrogens with one attached hydrogen (secondary N) is 2. The normalized spacial score (nSPS) is 13.0. The molecule has 0 saturated carbocycles. The van der Waals surface area contributed by atoms with Gasteiger partial charge in [0.15, 0.2) is 0 Å². The molecule has 0 aliphatic rings. The number of aliphatic hydroxyl groups excluding tert-OH is 1. The zero-order valence-corrected chi connectivity index (χ0v) is 16.3. The van der Waals surface area contributed by atoms with Crippen LogP contribution in [0.4, 0.5) is 16.2 Å². The second-order valence-electron chi connectivity index (χ2n) is 6.97. The molecule has 0 aliphatic heterocycles. The Morgan fingerprint density at radius 3 is 2.50 bits per heavy atom. The number of benzene rings is 2. The zero-order valence-electron chi connectivity index (χ0n) is 16.3. The van der Waals surface area contributed by atoms with Crippen molar-refractivity contribution in [3.8, 4) is 0 Å². The number of urea groups is 1. The van der Waals surface area contributed by atoms with E-state index in [0.717, 1.165) is 11.1 Å². The molecule has 0 aliphatic carbocycles. The van der Waals surface area contributed by atoms with Gasteiger partial charge in [0.05, 0.1) is 16.7 Å². The maximum absolute atomic E-state index is 12.3. The van der Waals surface area contributed by atoms with Gasteiger partial charge in [-0.05, 0) is 32.1 Å². The van der Waals surface area contributed by atoms with Crippen LogP contribution in [-0.2, 0) is 0 Å². The number of amides is 2. The van der Waals surface area contributed by atoms with Crippen LogP contribution in [0.25, 0.3) is 0 Å². The minimum absolute atomic E-state index is 0.0918. The summed E-state index contributed by atoms with van der Waals surface area (Å²) in [6.45, 7) is 2.58. The van der Waals surface area contributed by atoms with E-state index in [2.05, 4.69) is 10.6 Å². The number of nitrogens with zero attached hydrogens (tertiary/aromatic N) is 2. The number of nitro groups is 1. The Hall–Kier alpha value is -2.97. The van der Waals surface area contributed by atoms with Crippen molar-refractivity contribution in [1.82, 2.24) is 10.2 Å². The molecule has 3 N–H and O–H groups in total. The van der Waals surface area contributed by atoms with E-state index < -0.39 is 17.1 Å². The first-order chi connectivity index (χ1) is 13.3. The Morgan fingerprint density at radius 2 is 1.89 bits per heavy atom. The fourth-order valence-corrected chi connectivity index (χ4v) is 2.92. The Balaban J connectivity index is 2.03. The molecule has 0 spiro atoms. The number of aliphatic hydroxyl groups is 1. The lowest BCUT2D eigenvalue weighted by molar-refractivity contribution is -0.384. The summed E-state index contributed by atoms with van der Waals surface area (Å²) in [5, 5.41) is 27.0. The van der Waals surface area contributed by atoms with Crippen LogP contribution in [0, 0.1) is 23.0 Å². The largest absolute Gasteiger partial charge is 0.388 e. The third-order valence-electron chi connectivity index (χ3n) is 4.39. The van der Waals surface area contributed by atoms with Gasteiger partial charge in [0.2, 0.25) is 0 Å². The molecule has 28 heavy (non-hydrogen) atoms. The van der Waals surface area contributed by atoms with Crippen LogP contribution < -0.4 is 10.6 Å². The lowest BCUT2D eigenvalue weighted by atomic mass is 9.95. The van der Waals surface area contributed by atoms with Crippen molar-refractivity contribution in [2.24, 2.45) is 5.92 Å². The first-order valence-corrected chi connectivity index (χ1v) is 8.95. The van der Waals surface area contributed by atoms with Gasteiger partial charge >= 0.3 is 6.03 Å². The van der Waals surface area contributed by atoms with E-state index in [1.807, 2.05) is 49.3 Å². The lowest BCUT2D eigenvalue weighted by Gasteiger charge is -2.26. The first kappa shape index (κ1) is 21.3. The molecule has 0 fully saturated rings. The SMILES string of the molecule is Cc1ccc([N+](=O)[O-])cc1NC(=O)NC[C@H](CN(C)C)[C@@H](O)c1ccccc1. The molecule has 0 bridgehead atoms. The second-order valence-corrected chi connectivity index (χ2v) is 6.97. The van der Waals surface area contributed by atoms with E-state index in [-0.39, 0.29) is 18.2 Å². The molecule has 150 valence electrons. The average Bonchev–Trinajstić information content (AvgIpc) is 2.66. The molecule has 2 atom stereocenters. The number of carbonyl (C=O) groups is 1. The molecular formula is C20H26N4O4. The maximum Gasteiger partial charge on any atom is 0.319 e. The molecule has 2 aromatic rings. The molecule has 0 saturated heterocycles. The molecule has 2 aromatic carbocycles. The van der Waals surface area contributed by atoms with Gasteiger partial charge in [-0.25, -0.2) is 4.79 Å². The van der Waals surface area contributed by atoms with Crippen LogP contribution in [0.5, 0.6) is 0 Å². The van der Waals surface area contributed by atoms with Gasteiger partial charge in [0.25, 0.3) is 5.69 Å². The summed E-state index contributed by atoms with van der Waals surface area (Å²) in [6, 6.07) is 13.1. The van der Waals surface area contributed by atoms with Gasteiger partial charge in [-0.15, -0.1) is 0 Å². The van der Waals surface area contributed by atoms with Gasteiger partial charge in [-0.2, -0.15) is 0 Å². The minimum Gasteiger partial charge on any atom is -0.388 e. The number of non-ortho nitro benzene ring substituents is 1. The van der Waals surface area contributed by atoms with Crippen molar-refractivity contribution in [1.29, 1.82) is 0 Å². The number of anilines is 1. The molecule has 0 radical (unpaired) electrons. The van der Waals surface area contributed by atoms with E-state index >= 15 is 0 Å². The average molecular weight is 386 g/mol. The topological polar surface area (TPSA) is 108 Å². The van der Waals surface area contributed by atoms with Crippen molar-refractivity contribution in [2.75, 3.05) is 32.5 Å². The maximum atomic E-state index is 12.3. The van der Waals surface area contributed by atoms with Gasteiger partial charge in [-0.3, -0.25) is 10.1 Å². The van der Waals surface area contributed by atoms with Crippen LogP contribution in [0.1, 0.15) is 17.2 Å². The van der Waals surface area contributed by atoms with Crippen LogP contribution in [0.15, 0.2) is 48.5 Å². The van der Waals surface area contributed by atoms with E-state index in [9.17, 15) is 20.0 Å². The summed E-state index contributed by atoms with van der Waals surface area (Å²) >= 11 is 0. The Labute approximate surface area is 164 Å². The van der Waals surface area contributed by atoms with Crippen LogP contribution in [-0.4, -0.2) is 48.1 Å². The molecular weight excluding hydrogens is 360 g/mol. The number of hydrogen-bond donors (Lipinski definition) is 3. The van der Waals surface area contributed by atoms with E-state index in [0.29, 0.717) is 12.2 Å². The number of hydrogen-bond acceptors (Lipinski definition) is 5. The third-order valence-corrected chi connectivity index (χ3v) is 4.39. The fraction of sp³-hybridized carbons (Fsp3) is 0.350. The first-order valence-electron chi connectivity index (χ1n) is 8.95. The second kappa shape index (κ2) is 9.82. The van der Waals surface area contributed by atoms with E-state index in [1.54, 1.807) is 13.0 Å². The van der Waals surface area contributed by atoms with Gasteiger partial charge in [0, 0.05) is 31.1 Å². The highest BCUT2D eigenvalue weighted by atomic mass is 16.6. The predicted molar refractivity (Wildman–Crippen MR) is 108 cm³/mol. The summed E-state index contributed by atoms with van der Waals surface area (Å²) in [7, 11) is 3.80. The number of nitro benzene ring substituents is 1. The fourth-order valence-electron chi connectivity index (χ4n) is 2.92. The van der Waals surface area contributed by atoms with Gasteiger partial charge in [-0.1, -0.05) is 36.4 Å². The Bertz CT molecular complexity index is 811. The summed E-state index contributed by atoms with van der Waals surface area (Å²) in [5.74, 6) is -0.227. The molecule has 0 aromatic heterocycles. The zero-order chi connectivity index (χ0) is 20.7. The molecule has 2 amide bonds. The van der Waals surface area contributed by atoms with Crippen LogP contribution >= 0.6 is 0 Å².